The molecule has 0 amide bonds. The van der Waals surface area contributed by atoms with Crippen molar-refractivity contribution in [2.75, 3.05) is 0 Å². The van der Waals surface area contributed by atoms with Gasteiger partial charge in [0.2, 0.25) is 0 Å². The van der Waals surface area contributed by atoms with Crippen molar-refractivity contribution in [2.24, 2.45) is 7.05 Å². The molecule has 2 rings (SSSR count). The zero-order valence-corrected chi connectivity index (χ0v) is 12.3. The summed E-state index contributed by atoms with van der Waals surface area (Å²) in [6, 6.07) is 4.05. The van der Waals surface area contributed by atoms with Crippen LogP contribution < -0.4 is 4.74 Å². The summed E-state index contributed by atoms with van der Waals surface area (Å²) in [4.78, 5) is 0. The fraction of sp³-hybridized carbons (Fsp3) is 0.357. The summed E-state index contributed by atoms with van der Waals surface area (Å²) in [7, 11) is 1.74. The van der Waals surface area contributed by atoms with Crippen molar-refractivity contribution < 1.29 is 14.2 Å². The van der Waals surface area contributed by atoms with Gasteiger partial charge in [-0.1, -0.05) is 11.6 Å². The van der Waals surface area contributed by atoms with E-state index in [0.29, 0.717) is 16.5 Å². The molecule has 0 aliphatic rings. The van der Waals surface area contributed by atoms with Crippen LogP contribution in [0.5, 0.6) is 5.75 Å². The SMILES string of the molecule is Cc1nn(C)c(Cl)c1COc1cc(F)ccc1[C@@H](C)O. The molecule has 0 radical (unpaired) electrons. The largest absolute Gasteiger partial charge is 0.488 e. The Bertz CT molecular complexity index is 626. The van der Waals surface area contributed by atoms with E-state index >= 15 is 0 Å². The van der Waals surface area contributed by atoms with E-state index in [2.05, 4.69) is 5.10 Å². The first-order chi connectivity index (χ1) is 9.40. The first-order valence-electron chi connectivity index (χ1n) is 6.18. The Labute approximate surface area is 121 Å². The highest BCUT2D eigenvalue weighted by molar-refractivity contribution is 6.30. The van der Waals surface area contributed by atoms with Crippen LogP contribution in [0, 0.1) is 12.7 Å². The number of aromatic nitrogens is 2. The molecule has 20 heavy (non-hydrogen) atoms. The molecule has 0 bridgehead atoms. The van der Waals surface area contributed by atoms with Crippen LogP contribution in [0.4, 0.5) is 4.39 Å². The summed E-state index contributed by atoms with van der Waals surface area (Å²) < 4.78 is 20.4. The van der Waals surface area contributed by atoms with Gasteiger partial charge in [-0.15, -0.1) is 0 Å². The normalized spacial score (nSPS) is 12.5. The summed E-state index contributed by atoms with van der Waals surface area (Å²) in [5.41, 5.74) is 2.03. The second kappa shape index (κ2) is 5.81. The van der Waals surface area contributed by atoms with Crippen LogP contribution >= 0.6 is 11.6 Å². The number of aliphatic hydroxyl groups excluding tert-OH is 1. The number of hydrogen-bond acceptors (Lipinski definition) is 3. The van der Waals surface area contributed by atoms with Crippen LogP contribution in [-0.4, -0.2) is 14.9 Å². The van der Waals surface area contributed by atoms with Gasteiger partial charge in [-0.05, 0) is 26.0 Å². The summed E-state index contributed by atoms with van der Waals surface area (Å²) >= 11 is 6.11. The molecule has 1 heterocycles. The number of ether oxygens (including phenoxy) is 1. The lowest BCUT2D eigenvalue weighted by atomic mass is 10.1. The van der Waals surface area contributed by atoms with Crippen molar-refractivity contribution in [1.82, 2.24) is 9.78 Å². The molecule has 0 aliphatic heterocycles. The predicted molar refractivity (Wildman–Crippen MR) is 74.3 cm³/mol. The molecule has 0 fully saturated rings. The van der Waals surface area contributed by atoms with Crippen LogP contribution in [0.15, 0.2) is 18.2 Å². The number of hydrogen-bond donors (Lipinski definition) is 1. The monoisotopic (exact) mass is 298 g/mol. The molecular weight excluding hydrogens is 283 g/mol. The fourth-order valence-electron chi connectivity index (χ4n) is 1.97. The second-order valence-electron chi connectivity index (χ2n) is 4.63. The van der Waals surface area contributed by atoms with E-state index < -0.39 is 11.9 Å². The van der Waals surface area contributed by atoms with Gasteiger partial charge < -0.3 is 9.84 Å². The lowest BCUT2D eigenvalue weighted by molar-refractivity contribution is 0.190. The van der Waals surface area contributed by atoms with Crippen molar-refractivity contribution in [1.29, 1.82) is 0 Å². The van der Waals surface area contributed by atoms with E-state index in [0.717, 1.165) is 11.3 Å². The van der Waals surface area contributed by atoms with Crippen LogP contribution in [0.25, 0.3) is 0 Å². The molecule has 4 nitrogen and oxygen atoms in total. The standard InChI is InChI=1S/C14H16ClFN2O2/c1-8-12(14(15)18(3)17-8)7-20-13-6-10(16)4-5-11(13)9(2)19/h4-6,9,19H,7H2,1-3H3/t9-/m1/s1. The topological polar surface area (TPSA) is 47.3 Å². The lowest BCUT2D eigenvalue weighted by Gasteiger charge is -2.13. The first kappa shape index (κ1) is 14.8. The summed E-state index contributed by atoms with van der Waals surface area (Å²) in [5.74, 6) is -0.113. The lowest BCUT2D eigenvalue weighted by Crippen LogP contribution is -2.02. The summed E-state index contributed by atoms with van der Waals surface area (Å²) in [6.07, 6.45) is -0.740. The number of aryl methyl sites for hydroxylation is 2. The zero-order chi connectivity index (χ0) is 14.9. The van der Waals surface area contributed by atoms with E-state index in [1.165, 1.54) is 18.2 Å². The molecule has 1 aromatic heterocycles. The van der Waals surface area contributed by atoms with Gasteiger partial charge in [0.05, 0.1) is 11.8 Å². The Kier molecular flexibility index (Phi) is 4.30. The third-order valence-corrected chi connectivity index (χ3v) is 3.54. The highest BCUT2D eigenvalue weighted by Gasteiger charge is 2.15. The molecule has 1 atom stereocenters. The maximum absolute atomic E-state index is 13.3. The molecule has 108 valence electrons. The highest BCUT2D eigenvalue weighted by atomic mass is 35.5. The van der Waals surface area contributed by atoms with Crippen LogP contribution in [0.2, 0.25) is 5.15 Å². The molecule has 1 N–H and O–H groups in total. The van der Waals surface area contributed by atoms with E-state index in [9.17, 15) is 9.50 Å². The average Bonchev–Trinajstić information content (AvgIpc) is 2.61. The number of halogens is 2. The number of rotatable bonds is 4. The summed E-state index contributed by atoms with van der Waals surface area (Å²) in [6.45, 7) is 3.59. The van der Waals surface area contributed by atoms with Gasteiger partial charge in [-0.25, -0.2) is 4.39 Å². The second-order valence-corrected chi connectivity index (χ2v) is 4.98. The van der Waals surface area contributed by atoms with Crippen LogP contribution in [-0.2, 0) is 13.7 Å². The number of aliphatic hydroxyl groups is 1. The quantitative estimate of drug-likeness (QED) is 0.943. The Morgan fingerprint density at radius 1 is 1.50 bits per heavy atom. The van der Waals surface area contributed by atoms with E-state index in [-0.39, 0.29) is 6.61 Å². The van der Waals surface area contributed by atoms with Gasteiger partial charge in [0, 0.05) is 24.2 Å². The molecule has 0 unspecified atom stereocenters. The maximum Gasteiger partial charge on any atom is 0.133 e. The minimum absolute atomic E-state index is 0.168. The van der Waals surface area contributed by atoms with Crippen molar-refractivity contribution in [3.8, 4) is 5.75 Å². The Balaban J connectivity index is 2.24. The molecule has 6 heteroatoms. The zero-order valence-electron chi connectivity index (χ0n) is 11.5. The Hall–Kier alpha value is -1.59. The van der Waals surface area contributed by atoms with Gasteiger partial charge >= 0.3 is 0 Å². The Morgan fingerprint density at radius 2 is 2.20 bits per heavy atom. The van der Waals surface area contributed by atoms with E-state index in [1.54, 1.807) is 18.7 Å². The predicted octanol–water partition coefficient (Wildman–Crippen LogP) is 3.15. The van der Waals surface area contributed by atoms with Gasteiger partial charge in [-0.2, -0.15) is 5.10 Å². The number of nitrogens with zero attached hydrogens (tertiary/aromatic N) is 2. The van der Waals surface area contributed by atoms with E-state index in [1.807, 2.05) is 6.92 Å². The van der Waals surface area contributed by atoms with Crippen molar-refractivity contribution >= 4 is 11.6 Å². The van der Waals surface area contributed by atoms with Gasteiger partial charge in [-0.3, -0.25) is 4.68 Å². The molecule has 0 spiro atoms. The molecular formula is C14H16ClFN2O2. The minimum Gasteiger partial charge on any atom is -0.488 e. The average molecular weight is 299 g/mol. The van der Waals surface area contributed by atoms with Crippen molar-refractivity contribution in [3.05, 3.63) is 46.0 Å². The molecule has 0 aliphatic carbocycles. The molecule has 0 saturated carbocycles. The van der Waals surface area contributed by atoms with E-state index in [4.69, 9.17) is 16.3 Å². The minimum atomic E-state index is -0.740. The number of benzene rings is 1. The molecule has 1 aromatic carbocycles. The third kappa shape index (κ3) is 2.94. The van der Waals surface area contributed by atoms with Crippen molar-refractivity contribution in [2.45, 2.75) is 26.6 Å². The summed E-state index contributed by atoms with van der Waals surface area (Å²) in [5, 5.41) is 14.3. The fourth-order valence-corrected chi connectivity index (χ4v) is 2.20. The maximum atomic E-state index is 13.3. The van der Waals surface area contributed by atoms with Gasteiger partial charge in [0.1, 0.15) is 23.3 Å². The van der Waals surface area contributed by atoms with Crippen molar-refractivity contribution in [3.63, 3.8) is 0 Å². The first-order valence-corrected chi connectivity index (χ1v) is 6.56. The molecule has 2 aromatic rings. The Morgan fingerprint density at radius 3 is 2.75 bits per heavy atom. The van der Waals surface area contributed by atoms with Crippen LogP contribution in [0.1, 0.15) is 29.8 Å². The highest BCUT2D eigenvalue weighted by Crippen LogP contribution is 2.28. The smallest absolute Gasteiger partial charge is 0.133 e. The van der Waals surface area contributed by atoms with Gasteiger partial charge in [0.25, 0.3) is 0 Å². The van der Waals surface area contributed by atoms with Gasteiger partial charge in [0.15, 0.2) is 0 Å². The van der Waals surface area contributed by atoms with Crippen LogP contribution in [0.3, 0.4) is 0 Å². The molecule has 0 saturated heterocycles. The third-order valence-electron chi connectivity index (χ3n) is 3.07.